The molecule has 2 unspecified atom stereocenters. The van der Waals surface area contributed by atoms with Gasteiger partial charge in [-0.1, -0.05) is 54.6 Å². The number of hydrogen-bond donors (Lipinski definition) is 0. The number of rotatable bonds is 7. The van der Waals surface area contributed by atoms with Crippen molar-refractivity contribution >= 4 is 5.91 Å². The van der Waals surface area contributed by atoms with Gasteiger partial charge in [0.15, 0.2) is 0 Å². The minimum absolute atomic E-state index is 0.372. The van der Waals surface area contributed by atoms with Crippen molar-refractivity contribution in [3.05, 3.63) is 60.2 Å². The predicted molar refractivity (Wildman–Crippen MR) is 129 cm³/mol. The Balaban J connectivity index is 1.66. The van der Waals surface area contributed by atoms with Gasteiger partial charge in [0.25, 0.3) is 0 Å². The summed E-state index contributed by atoms with van der Waals surface area (Å²) >= 11 is 0. The van der Waals surface area contributed by atoms with Gasteiger partial charge in [-0.2, -0.15) is 0 Å². The standard InChI is InChI=1S/C28H38N2O/c1-21(2)29(22(3)4)19-17-28(20-26-12-8-9-18-30(26)27(28)31)25-15-13-24(14-16-25)23-10-6-5-7-11-23/h5-7,10-11,13-16,21-22,26H,8-9,12,17-20H2,1-4H3. The lowest BCUT2D eigenvalue weighted by atomic mass is 9.74. The van der Waals surface area contributed by atoms with E-state index in [0.717, 1.165) is 38.8 Å². The topological polar surface area (TPSA) is 23.6 Å². The fourth-order valence-electron chi connectivity index (χ4n) is 5.88. The van der Waals surface area contributed by atoms with Gasteiger partial charge in [-0.25, -0.2) is 0 Å². The smallest absolute Gasteiger partial charge is 0.233 e. The van der Waals surface area contributed by atoms with Crippen LogP contribution in [0.5, 0.6) is 0 Å². The maximum atomic E-state index is 13.9. The molecule has 4 rings (SSSR count). The normalized spacial score (nSPS) is 23.8. The first kappa shape index (κ1) is 22.1. The molecule has 0 radical (unpaired) electrons. The Morgan fingerprint density at radius 1 is 0.935 bits per heavy atom. The number of carbonyl (C=O) groups is 1. The molecule has 166 valence electrons. The largest absolute Gasteiger partial charge is 0.339 e. The molecule has 3 heteroatoms. The Kier molecular flexibility index (Phi) is 6.52. The first-order chi connectivity index (χ1) is 14.9. The summed E-state index contributed by atoms with van der Waals surface area (Å²) in [6.07, 6.45) is 5.44. The molecule has 2 aliphatic heterocycles. The number of amides is 1. The van der Waals surface area contributed by atoms with E-state index in [1.165, 1.54) is 23.1 Å². The van der Waals surface area contributed by atoms with Crippen LogP contribution in [0.3, 0.4) is 0 Å². The Hall–Kier alpha value is -2.13. The second-order valence-electron chi connectivity index (χ2n) is 10.1. The quantitative estimate of drug-likeness (QED) is 0.560. The number of piperidine rings is 1. The van der Waals surface area contributed by atoms with E-state index in [9.17, 15) is 4.79 Å². The third kappa shape index (κ3) is 4.30. The van der Waals surface area contributed by atoms with Gasteiger partial charge in [0.1, 0.15) is 0 Å². The van der Waals surface area contributed by atoms with Gasteiger partial charge in [0.2, 0.25) is 5.91 Å². The van der Waals surface area contributed by atoms with Gasteiger partial charge < -0.3 is 4.90 Å². The van der Waals surface area contributed by atoms with Crippen molar-refractivity contribution in [2.45, 2.75) is 83.3 Å². The number of hydrogen-bond acceptors (Lipinski definition) is 2. The molecular weight excluding hydrogens is 380 g/mol. The molecule has 2 aromatic rings. The van der Waals surface area contributed by atoms with Crippen LogP contribution >= 0.6 is 0 Å². The molecule has 0 aromatic heterocycles. The van der Waals surface area contributed by atoms with Crippen LogP contribution in [0, 0.1) is 0 Å². The highest BCUT2D eigenvalue weighted by Crippen LogP contribution is 2.45. The molecule has 2 fully saturated rings. The highest BCUT2D eigenvalue weighted by Gasteiger charge is 2.52. The SMILES string of the molecule is CC(C)N(CCC1(c2ccc(-c3ccccc3)cc2)CC2CCCCN2C1=O)C(C)C. The summed E-state index contributed by atoms with van der Waals surface area (Å²) in [5.41, 5.74) is 3.27. The van der Waals surface area contributed by atoms with E-state index < -0.39 is 0 Å². The maximum absolute atomic E-state index is 13.9. The lowest BCUT2D eigenvalue weighted by Crippen LogP contribution is -2.45. The average molecular weight is 419 g/mol. The minimum atomic E-state index is -0.383. The fourth-order valence-corrected chi connectivity index (χ4v) is 5.88. The molecule has 0 spiro atoms. The monoisotopic (exact) mass is 418 g/mol. The van der Waals surface area contributed by atoms with Crippen LogP contribution in [0.15, 0.2) is 54.6 Å². The molecule has 2 aromatic carbocycles. The molecule has 31 heavy (non-hydrogen) atoms. The number of carbonyl (C=O) groups excluding carboxylic acids is 1. The van der Waals surface area contributed by atoms with E-state index in [2.05, 4.69) is 92.1 Å². The van der Waals surface area contributed by atoms with Gasteiger partial charge in [0, 0.05) is 31.2 Å². The summed E-state index contributed by atoms with van der Waals surface area (Å²) in [6.45, 7) is 11.0. The van der Waals surface area contributed by atoms with Gasteiger partial charge in [-0.05, 0) is 76.5 Å². The van der Waals surface area contributed by atoms with E-state index in [4.69, 9.17) is 0 Å². The van der Waals surface area contributed by atoms with Crippen LogP contribution in [0.1, 0.15) is 65.4 Å². The zero-order valence-corrected chi connectivity index (χ0v) is 19.7. The van der Waals surface area contributed by atoms with Crippen molar-refractivity contribution in [2.24, 2.45) is 0 Å². The fraction of sp³-hybridized carbons (Fsp3) is 0.536. The highest BCUT2D eigenvalue weighted by molar-refractivity contribution is 5.91. The zero-order chi connectivity index (χ0) is 22.0. The number of fused-ring (bicyclic) bond motifs is 1. The van der Waals surface area contributed by atoms with E-state index >= 15 is 0 Å². The molecule has 1 amide bonds. The molecule has 0 aliphatic carbocycles. The summed E-state index contributed by atoms with van der Waals surface area (Å²) in [7, 11) is 0. The molecule has 2 heterocycles. The second-order valence-corrected chi connectivity index (χ2v) is 10.1. The van der Waals surface area contributed by atoms with Gasteiger partial charge in [-0.15, -0.1) is 0 Å². The van der Waals surface area contributed by atoms with Crippen LogP contribution in [-0.2, 0) is 10.2 Å². The third-order valence-corrected chi connectivity index (χ3v) is 7.55. The summed E-state index contributed by atoms with van der Waals surface area (Å²) < 4.78 is 0. The van der Waals surface area contributed by atoms with E-state index in [1.807, 2.05) is 0 Å². The minimum Gasteiger partial charge on any atom is -0.339 e. The molecule has 0 saturated carbocycles. The third-order valence-electron chi connectivity index (χ3n) is 7.55. The van der Waals surface area contributed by atoms with Crippen LogP contribution < -0.4 is 0 Å². The number of benzene rings is 2. The first-order valence-corrected chi connectivity index (χ1v) is 12.1. The predicted octanol–water partition coefficient (Wildman–Crippen LogP) is 5.89. The van der Waals surface area contributed by atoms with Crippen molar-refractivity contribution in [3.8, 4) is 11.1 Å². The maximum Gasteiger partial charge on any atom is 0.233 e. The summed E-state index contributed by atoms with van der Waals surface area (Å²) in [4.78, 5) is 18.6. The van der Waals surface area contributed by atoms with Gasteiger partial charge in [0.05, 0.1) is 5.41 Å². The Morgan fingerprint density at radius 2 is 1.58 bits per heavy atom. The summed E-state index contributed by atoms with van der Waals surface area (Å²) in [6, 6.07) is 20.8. The van der Waals surface area contributed by atoms with Crippen LogP contribution in [0.2, 0.25) is 0 Å². The van der Waals surface area contributed by atoms with Crippen molar-refractivity contribution in [2.75, 3.05) is 13.1 Å². The Labute approximate surface area is 188 Å². The molecule has 0 N–H and O–H groups in total. The lowest BCUT2D eigenvalue weighted by molar-refractivity contribution is -0.134. The highest BCUT2D eigenvalue weighted by atomic mass is 16.2. The van der Waals surface area contributed by atoms with Crippen LogP contribution in [0.25, 0.3) is 11.1 Å². The van der Waals surface area contributed by atoms with Crippen LogP contribution in [-0.4, -0.2) is 46.9 Å². The lowest BCUT2D eigenvalue weighted by Gasteiger charge is -2.35. The molecule has 0 bridgehead atoms. The molecule has 2 atom stereocenters. The first-order valence-electron chi connectivity index (χ1n) is 12.1. The van der Waals surface area contributed by atoms with Crippen molar-refractivity contribution in [1.29, 1.82) is 0 Å². The average Bonchev–Trinajstić information content (AvgIpc) is 3.07. The Bertz CT molecular complexity index is 866. The summed E-state index contributed by atoms with van der Waals surface area (Å²) in [5, 5.41) is 0. The van der Waals surface area contributed by atoms with Crippen molar-refractivity contribution in [3.63, 3.8) is 0 Å². The molecule has 2 saturated heterocycles. The van der Waals surface area contributed by atoms with Gasteiger partial charge in [-0.3, -0.25) is 9.69 Å². The second kappa shape index (κ2) is 9.16. The number of nitrogens with zero attached hydrogens (tertiary/aromatic N) is 2. The van der Waals surface area contributed by atoms with Crippen molar-refractivity contribution in [1.82, 2.24) is 9.80 Å². The molecular formula is C28H38N2O. The van der Waals surface area contributed by atoms with Crippen molar-refractivity contribution < 1.29 is 4.79 Å². The van der Waals surface area contributed by atoms with E-state index in [-0.39, 0.29) is 5.41 Å². The van der Waals surface area contributed by atoms with Crippen LogP contribution in [0.4, 0.5) is 0 Å². The zero-order valence-electron chi connectivity index (χ0n) is 19.7. The molecule has 3 nitrogen and oxygen atoms in total. The van der Waals surface area contributed by atoms with E-state index in [1.54, 1.807) is 0 Å². The van der Waals surface area contributed by atoms with E-state index in [0.29, 0.717) is 24.0 Å². The van der Waals surface area contributed by atoms with Gasteiger partial charge >= 0.3 is 0 Å². The summed E-state index contributed by atoms with van der Waals surface area (Å²) in [5.74, 6) is 0.372. The molecule has 2 aliphatic rings. The Morgan fingerprint density at radius 3 is 2.19 bits per heavy atom.